The van der Waals surface area contributed by atoms with Crippen molar-refractivity contribution < 1.29 is 9.05 Å². The van der Waals surface area contributed by atoms with E-state index in [1.807, 2.05) is 38.1 Å². The van der Waals surface area contributed by atoms with E-state index in [4.69, 9.17) is 9.05 Å². The summed E-state index contributed by atoms with van der Waals surface area (Å²) in [6.45, 7) is 9.30. The highest BCUT2D eigenvalue weighted by Crippen LogP contribution is 2.38. The van der Waals surface area contributed by atoms with E-state index in [0.717, 1.165) is 4.47 Å². The summed E-state index contributed by atoms with van der Waals surface area (Å²) in [5, 5.41) is 6.06. The van der Waals surface area contributed by atoms with Crippen molar-refractivity contribution in [3.05, 3.63) is 69.9 Å². The lowest BCUT2D eigenvalue weighted by molar-refractivity contribution is 0.389. The molecular formula is C16H20BrN2O3P. The number of benzene rings is 1. The molecule has 1 rings (SSSR count). The topological polar surface area (TPSA) is 59.9 Å². The number of hydrogen-bond donors (Lipinski definition) is 1. The SMILES string of the molecule is C=C/C(=C\C=C(/C)OP(NC(C)C)Oc1ccc(Br)cc1)N=O. The second-order valence-corrected chi connectivity index (χ2v) is 6.89. The van der Waals surface area contributed by atoms with Gasteiger partial charge in [-0.05, 0) is 68.4 Å². The summed E-state index contributed by atoms with van der Waals surface area (Å²) in [6, 6.07) is 7.71. The molecule has 0 saturated carbocycles. The van der Waals surface area contributed by atoms with Gasteiger partial charge in [-0.15, -0.1) is 4.91 Å². The molecule has 0 saturated heterocycles. The van der Waals surface area contributed by atoms with Gasteiger partial charge >= 0.3 is 8.53 Å². The standard InChI is InChI=1S/C16H20BrN2O3P/c1-5-15(18-20)9-6-13(4)21-23(19-12(2)3)22-16-10-7-14(17)8-11-16/h5-12,19H,1H2,2-4H3/b13-6+,15-9+. The molecule has 5 nitrogen and oxygen atoms in total. The Morgan fingerprint density at radius 2 is 2.00 bits per heavy atom. The average molecular weight is 399 g/mol. The van der Waals surface area contributed by atoms with E-state index in [2.05, 4.69) is 32.8 Å². The number of nitrogens with zero attached hydrogens (tertiary/aromatic N) is 1. The van der Waals surface area contributed by atoms with Gasteiger partial charge in [0, 0.05) is 10.5 Å². The van der Waals surface area contributed by atoms with Crippen LogP contribution < -0.4 is 9.61 Å². The van der Waals surface area contributed by atoms with Crippen molar-refractivity contribution >= 4 is 24.5 Å². The highest BCUT2D eigenvalue weighted by atomic mass is 79.9. The summed E-state index contributed by atoms with van der Waals surface area (Å²) < 4.78 is 12.6. The zero-order chi connectivity index (χ0) is 17.2. The maximum absolute atomic E-state index is 10.5. The molecule has 124 valence electrons. The Kier molecular flexibility index (Phi) is 8.77. The van der Waals surface area contributed by atoms with E-state index >= 15 is 0 Å². The molecule has 0 aliphatic carbocycles. The molecule has 1 N–H and O–H groups in total. The number of nitrogens with one attached hydrogen (secondary N) is 1. The predicted octanol–water partition coefficient (Wildman–Crippen LogP) is 5.81. The maximum Gasteiger partial charge on any atom is 0.381 e. The largest absolute Gasteiger partial charge is 0.432 e. The fourth-order valence-corrected chi connectivity index (χ4v) is 2.84. The molecule has 0 aliphatic rings. The van der Waals surface area contributed by atoms with Crippen molar-refractivity contribution in [2.75, 3.05) is 0 Å². The molecule has 7 heteroatoms. The van der Waals surface area contributed by atoms with Crippen LogP contribution >= 0.6 is 24.5 Å². The lowest BCUT2D eigenvalue weighted by Gasteiger charge is -2.21. The predicted molar refractivity (Wildman–Crippen MR) is 98.9 cm³/mol. The van der Waals surface area contributed by atoms with Gasteiger partial charge in [-0.3, -0.25) is 0 Å². The third-order valence-electron chi connectivity index (χ3n) is 2.40. The second kappa shape index (κ2) is 10.3. The first kappa shape index (κ1) is 19.6. The zero-order valence-electron chi connectivity index (χ0n) is 13.3. The van der Waals surface area contributed by atoms with Crippen molar-refractivity contribution in [1.82, 2.24) is 5.09 Å². The highest BCUT2D eigenvalue weighted by molar-refractivity contribution is 9.10. The second-order valence-electron chi connectivity index (χ2n) is 4.84. The molecule has 1 aromatic rings. The smallest absolute Gasteiger partial charge is 0.381 e. The van der Waals surface area contributed by atoms with E-state index in [0.29, 0.717) is 11.5 Å². The van der Waals surface area contributed by atoms with Crippen LogP contribution in [0.3, 0.4) is 0 Å². The van der Waals surface area contributed by atoms with Gasteiger partial charge in [-0.2, -0.15) is 0 Å². The number of halogens is 1. The maximum atomic E-state index is 10.5. The third kappa shape index (κ3) is 8.07. The minimum absolute atomic E-state index is 0.195. The fourth-order valence-electron chi connectivity index (χ4n) is 1.37. The van der Waals surface area contributed by atoms with Crippen molar-refractivity contribution in [3.8, 4) is 5.75 Å². The van der Waals surface area contributed by atoms with E-state index in [1.54, 1.807) is 13.0 Å². The van der Waals surface area contributed by atoms with Gasteiger partial charge < -0.3 is 9.05 Å². The number of rotatable bonds is 9. The molecule has 0 fully saturated rings. The van der Waals surface area contributed by atoms with Crippen molar-refractivity contribution in [2.24, 2.45) is 5.18 Å². The van der Waals surface area contributed by atoms with Crippen LogP contribution in [0.2, 0.25) is 0 Å². The van der Waals surface area contributed by atoms with Crippen LogP contribution in [0.25, 0.3) is 0 Å². The van der Waals surface area contributed by atoms with Gasteiger partial charge in [-0.25, -0.2) is 5.09 Å². The van der Waals surface area contributed by atoms with Crippen molar-refractivity contribution in [2.45, 2.75) is 26.8 Å². The van der Waals surface area contributed by atoms with E-state index < -0.39 is 8.53 Å². The van der Waals surface area contributed by atoms with Crippen LogP contribution in [0, 0.1) is 4.91 Å². The van der Waals surface area contributed by atoms with E-state index in [-0.39, 0.29) is 11.7 Å². The third-order valence-corrected chi connectivity index (χ3v) is 4.48. The molecule has 1 atom stereocenters. The molecule has 23 heavy (non-hydrogen) atoms. The Hall–Kier alpha value is -1.49. The van der Waals surface area contributed by atoms with Crippen molar-refractivity contribution in [3.63, 3.8) is 0 Å². The molecular weight excluding hydrogens is 379 g/mol. The Morgan fingerprint density at radius 3 is 2.52 bits per heavy atom. The van der Waals surface area contributed by atoms with Gasteiger partial charge in [0.15, 0.2) is 0 Å². The normalized spacial score (nSPS) is 13.6. The van der Waals surface area contributed by atoms with Crippen LogP contribution in [-0.4, -0.2) is 6.04 Å². The minimum atomic E-state index is -1.36. The van der Waals surface area contributed by atoms with Gasteiger partial charge in [0.25, 0.3) is 0 Å². The molecule has 0 aromatic heterocycles. The summed E-state index contributed by atoms with van der Waals surface area (Å²) >= 11 is 3.38. The van der Waals surface area contributed by atoms with Gasteiger partial charge in [-0.1, -0.05) is 22.5 Å². The lowest BCUT2D eigenvalue weighted by atomic mass is 10.3. The van der Waals surface area contributed by atoms with Crippen LogP contribution in [0.5, 0.6) is 5.75 Å². The van der Waals surface area contributed by atoms with Crippen LogP contribution in [-0.2, 0) is 4.52 Å². The summed E-state index contributed by atoms with van der Waals surface area (Å²) in [5.41, 5.74) is 0.239. The summed E-state index contributed by atoms with van der Waals surface area (Å²) in [7, 11) is -1.36. The van der Waals surface area contributed by atoms with Crippen LogP contribution in [0.1, 0.15) is 20.8 Å². The molecule has 1 unspecified atom stereocenters. The molecule has 0 spiro atoms. The number of hydrogen-bond acceptors (Lipinski definition) is 5. The first-order chi connectivity index (χ1) is 10.9. The van der Waals surface area contributed by atoms with E-state index in [9.17, 15) is 4.91 Å². The molecule has 0 bridgehead atoms. The summed E-state index contributed by atoms with van der Waals surface area (Å²) in [5.74, 6) is 1.31. The summed E-state index contributed by atoms with van der Waals surface area (Å²) in [6.07, 6.45) is 4.57. The monoisotopic (exact) mass is 398 g/mol. The first-order valence-electron chi connectivity index (χ1n) is 6.96. The van der Waals surface area contributed by atoms with Gasteiger partial charge in [0.2, 0.25) is 0 Å². The molecule has 0 heterocycles. The molecule has 1 aromatic carbocycles. The Bertz CT molecular complexity index is 575. The zero-order valence-corrected chi connectivity index (χ0v) is 15.8. The Balaban J connectivity index is 2.79. The Morgan fingerprint density at radius 1 is 1.35 bits per heavy atom. The highest BCUT2D eigenvalue weighted by Gasteiger charge is 2.16. The van der Waals surface area contributed by atoms with Gasteiger partial charge in [0.1, 0.15) is 17.2 Å². The quantitative estimate of drug-likeness (QED) is 0.246. The molecule has 0 radical (unpaired) electrons. The van der Waals surface area contributed by atoms with Gasteiger partial charge in [0.05, 0.1) is 0 Å². The summed E-state index contributed by atoms with van der Waals surface area (Å²) in [4.78, 5) is 10.5. The molecule has 0 amide bonds. The number of allylic oxidation sites excluding steroid dienone is 4. The van der Waals surface area contributed by atoms with E-state index in [1.165, 1.54) is 12.2 Å². The Labute approximate surface area is 146 Å². The number of nitroso groups, excluding NO2 is 1. The fraction of sp³-hybridized carbons (Fsp3) is 0.250. The molecule has 0 aliphatic heterocycles. The lowest BCUT2D eigenvalue weighted by Crippen LogP contribution is -2.20. The van der Waals surface area contributed by atoms with Crippen LogP contribution in [0.4, 0.5) is 0 Å². The van der Waals surface area contributed by atoms with Crippen LogP contribution in [0.15, 0.2) is 70.2 Å². The average Bonchev–Trinajstić information content (AvgIpc) is 2.50. The minimum Gasteiger partial charge on any atom is -0.432 e. The first-order valence-corrected chi connectivity index (χ1v) is 8.94. The van der Waals surface area contributed by atoms with Crippen molar-refractivity contribution in [1.29, 1.82) is 0 Å².